The summed E-state index contributed by atoms with van der Waals surface area (Å²) in [5.41, 5.74) is 3.40. The first-order chi connectivity index (χ1) is 9.08. The van der Waals surface area contributed by atoms with Crippen LogP contribution >= 0.6 is 27.7 Å². The third kappa shape index (κ3) is 3.85. The van der Waals surface area contributed by atoms with Crippen molar-refractivity contribution in [2.24, 2.45) is 0 Å². The first-order valence-electron chi connectivity index (χ1n) is 6.20. The number of hydrogen-bond acceptors (Lipinski definition) is 2. The van der Waals surface area contributed by atoms with E-state index < -0.39 is 6.10 Å². The number of thioether (sulfide) groups is 1. The van der Waals surface area contributed by atoms with Gasteiger partial charge in [0, 0.05) is 15.1 Å². The smallest absolute Gasteiger partial charge is 0.0886 e. The third-order valence-electron chi connectivity index (χ3n) is 3.02. The van der Waals surface area contributed by atoms with E-state index in [1.807, 2.05) is 24.3 Å². The van der Waals surface area contributed by atoms with E-state index in [0.717, 1.165) is 20.5 Å². The largest absolute Gasteiger partial charge is 0.388 e. The maximum atomic E-state index is 10.3. The standard InChI is InChI=1S/C16H17BrOS/c1-11-7-8-13(12(2)9-11)15(18)10-19-16-6-4-3-5-14(16)17/h3-9,15,18H,10H2,1-2H3. The molecule has 0 spiro atoms. The van der Waals surface area contributed by atoms with E-state index in [0.29, 0.717) is 5.75 Å². The van der Waals surface area contributed by atoms with Crippen molar-refractivity contribution in [3.8, 4) is 0 Å². The number of benzene rings is 2. The van der Waals surface area contributed by atoms with Crippen LogP contribution in [0.3, 0.4) is 0 Å². The monoisotopic (exact) mass is 336 g/mol. The Kier molecular flexibility index (Phi) is 5.08. The summed E-state index contributed by atoms with van der Waals surface area (Å²) in [5.74, 6) is 0.659. The second-order valence-corrected chi connectivity index (χ2v) is 6.53. The second kappa shape index (κ2) is 6.60. The summed E-state index contributed by atoms with van der Waals surface area (Å²) in [4.78, 5) is 1.16. The summed E-state index contributed by atoms with van der Waals surface area (Å²) in [7, 11) is 0. The lowest BCUT2D eigenvalue weighted by Gasteiger charge is -2.14. The maximum Gasteiger partial charge on any atom is 0.0886 e. The lowest BCUT2D eigenvalue weighted by Crippen LogP contribution is -2.03. The molecule has 2 aromatic carbocycles. The molecule has 1 unspecified atom stereocenters. The number of aliphatic hydroxyl groups is 1. The van der Waals surface area contributed by atoms with Gasteiger partial charge in [-0.15, -0.1) is 11.8 Å². The first kappa shape index (κ1) is 14.6. The molecule has 0 fully saturated rings. The lowest BCUT2D eigenvalue weighted by molar-refractivity contribution is 0.203. The zero-order valence-corrected chi connectivity index (χ0v) is 13.5. The number of aliphatic hydroxyl groups excluding tert-OH is 1. The van der Waals surface area contributed by atoms with Gasteiger partial charge >= 0.3 is 0 Å². The minimum atomic E-state index is -0.433. The van der Waals surface area contributed by atoms with Gasteiger partial charge in [0.1, 0.15) is 0 Å². The van der Waals surface area contributed by atoms with E-state index in [2.05, 4.69) is 48.0 Å². The van der Waals surface area contributed by atoms with Crippen LogP contribution in [0.25, 0.3) is 0 Å². The van der Waals surface area contributed by atoms with Gasteiger partial charge < -0.3 is 5.11 Å². The van der Waals surface area contributed by atoms with Gasteiger partial charge in [0.05, 0.1) is 6.10 Å². The Hall–Kier alpha value is -0.770. The highest BCUT2D eigenvalue weighted by molar-refractivity contribution is 9.10. The summed E-state index contributed by atoms with van der Waals surface area (Å²) in [5, 5.41) is 10.3. The molecule has 2 rings (SSSR count). The molecular formula is C16H17BrOS. The van der Waals surface area contributed by atoms with Crippen LogP contribution in [-0.4, -0.2) is 10.9 Å². The molecule has 1 N–H and O–H groups in total. The topological polar surface area (TPSA) is 20.2 Å². The molecule has 100 valence electrons. The zero-order valence-electron chi connectivity index (χ0n) is 11.1. The summed E-state index contributed by atoms with van der Waals surface area (Å²) in [6, 6.07) is 14.3. The van der Waals surface area contributed by atoms with Gasteiger partial charge in [-0.25, -0.2) is 0 Å². The quantitative estimate of drug-likeness (QED) is 0.802. The zero-order chi connectivity index (χ0) is 13.8. The highest BCUT2D eigenvalue weighted by Crippen LogP contribution is 2.31. The highest BCUT2D eigenvalue weighted by Gasteiger charge is 2.11. The van der Waals surface area contributed by atoms with E-state index in [-0.39, 0.29) is 0 Å². The Morgan fingerprint density at radius 1 is 1.16 bits per heavy atom. The molecule has 0 bridgehead atoms. The highest BCUT2D eigenvalue weighted by atomic mass is 79.9. The Labute approximate surface area is 127 Å². The molecule has 0 aromatic heterocycles. The molecule has 0 aliphatic carbocycles. The molecule has 19 heavy (non-hydrogen) atoms. The Bertz CT molecular complexity index is 568. The van der Waals surface area contributed by atoms with Crippen LogP contribution in [0.4, 0.5) is 0 Å². The summed E-state index contributed by atoms with van der Waals surface area (Å²) < 4.78 is 1.08. The minimum Gasteiger partial charge on any atom is -0.388 e. The Balaban J connectivity index is 2.05. The van der Waals surface area contributed by atoms with E-state index in [4.69, 9.17) is 0 Å². The SMILES string of the molecule is Cc1ccc(C(O)CSc2ccccc2Br)c(C)c1. The van der Waals surface area contributed by atoms with Crippen LogP contribution in [0.15, 0.2) is 51.8 Å². The molecule has 0 amide bonds. The van der Waals surface area contributed by atoms with Crippen molar-refractivity contribution in [1.29, 1.82) is 0 Å². The van der Waals surface area contributed by atoms with Gasteiger partial charge in [-0.3, -0.25) is 0 Å². The molecule has 2 aromatic rings. The van der Waals surface area contributed by atoms with Crippen LogP contribution in [0.5, 0.6) is 0 Å². The average molecular weight is 337 g/mol. The molecule has 3 heteroatoms. The third-order valence-corrected chi connectivity index (χ3v) is 5.12. The van der Waals surface area contributed by atoms with Crippen molar-refractivity contribution in [1.82, 2.24) is 0 Å². The van der Waals surface area contributed by atoms with Crippen LogP contribution in [0.1, 0.15) is 22.8 Å². The van der Waals surface area contributed by atoms with Crippen molar-refractivity contribution in [3.63, 3.8) is 0 Å². The van der Waals surface area contributed by atoms with Crippen molar-refractivity contribution in [3.05, 3.63) is 63.6 Å². The summed E-state index contributed by atoms with van der Waals surface area (Å²) in [6.07, 6.45) is -0.433. The maximum absolute atomic E-state index is 10.3. The number of rotatable bonds is 4. The van der Waals surface area contributed by atoms with Gasteiger partial charge in [0.15, 0.2) is 0 Å². The number of aryl methyl sites for hydroxylation is 2. The number of hydrogen-bond donors (Lipinski definition) is 1. The van der Waals surface area contributed by atoms with Crippen molar-refractivity contribution in [2.45, 2.75) is 24.8 Å². The fourth-order valence-corrected chi connectivity index (χ4v) is 3.55. The predicted molar refractivity (Wildman–Crippen MR) is 85.7 cm³/mol. The minimum absolute atomic E-state index is 0.433. The second-order valence-electron chi connectivity index (χ2n) is 4.62. The van der Waals surface area contributed by atoms with Gasteiger partial charge in [-0.2, -0.15) is 0 Å². The molecule has 0 radical (unpaired) electrons. The summed E-state index contributed by atoms with van der Waals surface area (Å²) >= 11 is 5.19. The van der Waals surface area contributed by atoms with Crippen LogP contribution in [0.2, 0.25) is 0 Å². The molecule has 1 nitrogen and oxygen atoms in total. The fraction of sp³-hybridized carbons (Fsp3) is 0.250. The Morgan fingerprint density at radius 2 is 1.89 bits per heavy atom. The fourth-order valence-electron chi connectivity index (χ4n) is 2.02. The van der Waals surface area contributed by atoms with E-state index in [1.54, 1.807) is 11.8 Å². The van der Waals surface area contributed by atoms with E-state index in [9.17, 15) is 5.11 Å². The number of halogens is 1. The molecule has 0 saturated heterocycles. The van der Waals surface area contributed by atoms with Crippen molar-refractivity contribution >= 4 is 27.7 Å². The first-order valence-corrected chi connectivity index (χ1v) is 7.98. The summed E-state index contributed by atoms with van der Waals surface area (Å²) in [6.45, 7) is 4.12. The lowest BCUT2D eigenvalue weighted by atomic mass is 10.0. The Morgan fingerprint density at radius 3 is 2.58 bits per heavy atom. The average Bonchev–Trinajstić information content (AvgIpc) is 2.37. The van der Waals surface area contributed by atoms with E-state index >= 15 is 0 Å². The van der Waals surface area contributed by atoms with Crippen LogP contribution < -0.4 is 0 Å². The van der Waals surface area contributed by atoms with Crippen molar-refractivity contribution < 1.29 is 5.11 Å². The van der Waals surface area contributed by atoms with E-state index in [1.165, 1.54) is 5.56 Å². The van der Waals surface area contributed by atoms with Gasteiger partial charge in [0.25, 0.3) is 0 Å². The molecule has 0 heterocycles. The molecule has 0 aliphatic rings. The van der Waals surface area contributed by atoms with Crippen molar-refractivity contribution in [2.75, 3.05) is 5.75 Å². The normalized spacial score (nSPS) is 12.4. The molecule has 1 atom stereocenters. The molecule has 0 saturated carbocycles. The van der Waals surface area contributed by atoms with Crippen LogP contribution in [-0.2, 0) is 0 Å². The van der Waals surface area contributed by atoms with Crippen LogP contribution in [0, 0.1) is 13.8 Å². The van der Waals surface area contributed by atoms with Gasteiger partial charge in [-0.05, 0) is 53.0 Å². The molecular weight excluding hydrogens is 320 g/mol. The van der Waals surface area contributed by atoms with Gasteiger partial charge in [0.2, 0.25) is 0 Å². The van der Waals surface area contributed by atoms with Gasteiger partial charge in [-0.1, -0.05) is 35.9 Å². The molecule has 0 aliphatic heterocycles. The predicted octanol–water partition coefficient (Wildman–Crippen LogP) is 4.89.